The Morgan fingerprint density at radius 3 is 3.00 bits per heavy atom. The SMILES string of the molecule is O=C(CN1CCC[C@H](Cn2cncn2)C1)N1CCCc2ccccc21. The second-order valence-electron chi connectivity index (χ2n) is 7.14. The molecule has 0 spiro atoms. The molecule has 2 aromatic rings. The lowest BCUT2D eigenvalue weighted by Crippen LogP contribution is -2.46. The van der Waals surface area contributed by atoms with Crippen LogP contribution in [-0.2, 0) is 17.8 Å². The van der Waals surface area contributed by atoms with Crippen LogP contribution >= 0.6 is 0 Å². The average molecular weight is 339 g/mol. The topological polar surface area (TPSA) is 54.3 Å². The molecule has 0 unspecified atom stereocenters. The third-order valence-electron chi connectivity index (χ3n) is 5.29. The summed E-state index contributed by atoms with van der Waals surface area (Å²) < 4.78 is 1.90. The standard InChI is InChI=1S/C19H25N5O/c25-19(24-10-4-7-17-6-1-2-8-18(17)24)13-22-9-3-5-16(11-22)12-23-15-20-14-21-23/h1-2,6,8,14-16H,3-5,7,9-13H2/t16-/m0/s1. The van der Waals surface area contributed by atoms with Gasteiger partial charge in [0.05, 0.1) is 6.54 Å². The van der Waals surface area contributed by atoms with Crippen LogP contribution in [0.25, 0.3) is 0 Å². The van der Waals surface area contributed by atoms with Crippen molar-refractivity contribution in [3.8, 4) is 0 Å². The number of anilines is 1. The van der Waals surface area contributed by atoms with Crippen LogP contribution in [0.2, 0.25) is 0 Å². The fraction of sp³-hybridized carbons (Fsp3) is 0.526. The van der Waals surface area contributed by atoms with Crippen LogP contribution in [0.4, 0.5) is 5.69 Å². The van der Waals surface area contributed by atoms with E-state index in [-0.39, 0.29) is 5.91 Å². The number of aryl methyl sites for hydroxylation is 1. The summed E-state index contributed by atoms with van der Waals surface area (Å²) >= 11 is 0. The number of nitrogens with zero attached hydrogens (tertiary/aromatic N) is 5. The van der Waals surface area contributed by atoms with Crippen molar-refractivity contribution in [3.05, 3.63) is 42.5 Å². The maximum absolute atomic E-state index is 12.9. The minimum atomic E-state index is 0.230. The van der Waals surface area contributed by atoms with Gasteiger partial charge in [-0.2, -0.15) is 5.10 Å². The Kier molecular flexibility index (Phi) is 4.78. The van der Waals surface area contributed by atoms with Crippen LogP contribution in [0.5, 0.6) is 0 Å². The van der Waals surface area contributed by atoms with Crippen LogP contribution < -0.4 is 4.90 Å². The molecule has 0 aliphatic carbocycles. The van der Waals surface area contributed by atoms with Gasteiger partial charge in [-0.1, -0.05) is 18.2 Å². The molecule has 1 saturated heterocycles. The molecule has 0 radical (unpaired) electrons. The highest BCUT2D eigenvalue weighted by Gasteiger charge is 2.26. The third kappa shape index (κ3) is 3.74. The fourth-order valence-corrected chi connectivity index (χ4v) is 4.10. The Morgan fingerprint density at radius 2 is 2.12 bits per heavy atom. The lowest BCUT2D eigenvalue weighted by atomic mass is 9.98. The van der Waals surface area contributed by atoms with Gasteiger partial charge >= 0.3 is 0 Å². The van der Waals surface area contributed by atoms with Gasteiger partial charge in [0.2, 0.25) is 5.91 Å². The molecule has 2 aliphatic rings. The van der Waals surface area contributed by atoms with E-state index in [1.165, 1.54) is 12.0 Å². The molecule has 25 heavy (non-hydrogen) atoms. The van der Waals surface area contributed by atoms with E-state index in [0.29, 0.717) is 12.5 Å². The van der Waals surface area contributed by atoms with E-state index < -0.39 is 0 Å². The fourth-order valence-electron chi connectivity index (χ4n) is 4.10. The van der Waals surface area contributed by atoms with Crippen LogP contribution in [-0.4, -0.2) is 51.8 Å². The number of aromatic nitrogens is 3. The highest BCUT2D eigenvalue weighted by Crippen LogP contribution is 2.27. The maximum atomic E-state index is 12.9. The van der Waals surface area contributed by atoms with E-state index in [9.17, 15) is 4.79 Å². The number of amides is 1. The number of fused-ring (bicyclic) bond motifs is 1. The van der Waals surface area contributed by atoms with E-state index in [1.54, 1.807) is 12.7 Å². The number of likely N-dealkylation sites (tertiary alicyclic amines) is 1. The van der Waals surface area contributed by atoms with Crippen molar-refractivity contribution in [3.63, 3.8) is 0 Å². The summed E-state index contributed by atoms with van der Waals surface area (Å²) in [5, 5.41) is 4.21. The first-order valence-corrected chi connectivity index (χ1v) is 9.22. The Bertz CT molecular complexity index is 714. The summed E-state index contributed by atoms with van der Waals surface area (Å²) in [6.07, 6.45) is 7.81. The van der Waals surface area contributed by atoms with Gasteiger partial charge in [0.15, 0.2) is 0 Å². The van der Waals surface area contributed by atoms with E-state index in [1.807, 2.05) is 15.6 Å². The van der Waals surface area contributed by atoms with Gasteiger partial charge in [-0.05, 0) is 49.8 Å². The first-order valence-electron chi connectivity index (χ1n) is 9.22. The largest absolute Gasteiger partial charge is 0.311 e. The highest BCUT2D eigenvalue weighted by molar-refractivity contribution is 5.95. The van der Waals surface area contributed by atoms with Crippen molar-refractivity contribution >= 4 is 11.6 Å². The summed E-state index contributed by atoms with van der Waals surface area (Å²) in [5.74, 6) is 0.769. The van der Waals surface area contributed by atoms with Crippen molar-refractivity contribution < 1.29 is 4.79 Å². The predicted molar refractivity (Wildman–Crippen MR) is 96.3 cm³/mol. The second kappa shape index (κ2) is 7.35. The molecule has 1 aromatic heterocycles. The molecule has 3 heterocycles. The van der Waals surface area contributed by atoms with Crippen molar-refractivity contribution in [2.75, 3.05) is 31.1 Å². The van der Waals surface area contributed by atoms with Gasteiger partial charge in [-0.25, -0.2) is 4.98 Å². The van der Waals surface area contributed by atoms with E-state index in [2.05, 4.69) is 33.2 Å². The second-order valence-corrected chi connectivity index (χ2v) is 7.14. The van der Waals surface area contributed by atoms with Gasteiger partial charge in [-0.15, -0.1) is 0 Å². The van der Waals surface area contributed by atoms with Crippen LogP contribution in [0.15, 0.2) is 36.9 Å². The van der Waals surface area contributed by atoms with E-state index in [4.69, 9.17) is 0 Å². The Labute approximate surface area is 148 Å². The maximum Gasteiger partial charge on any atom is 0.241 e. The molecule has 1 aromatic carbocycles. The number of carbonyl (C=O) groups is 1. The predicted octanol–water partition coefficient (Wildman–Crippen LogP) is 1.97. The number of para-hydroxylation sites is 1. The summed E-state index contributed by atoms with van der Waals surface area (Å²) in [4.78, 5) is 21.2. The Morgan fingerprint density at radius 1 is 1.20 bits per heavy atom. The summed E-state index contributed by atoms with van der Waals surface area (Å²) in [5.41, 5.74) is 2.40. The van der Waals surface area contributed by atoms with Gasteiger partial charge in [0.25, 0.3) is 0 Å². The highest BCUT2D eigenvalue weighted by atomic mass is 16.2. The molecule has 0 saturated carbocycles. The third-order valence-corrected chi connectivity index (χ3v) is 5.29. The Balaban J connectivity index is 1.38. The molecule has 0 N–H and O–H groups in total. The monoisotopic (exact) mass is 339 g/mol. The smallest absolute Gasteiger partial charge is 0.241 e. The molecule has 2 aliphatic heterocycles. The minimum Gasteiger partial charge on any atom is -0.311 e. The molecule has 6 nitrogen and oxygen atoms in total. The average Bonchev–Trinajstić information content (AvgIpc) is 3.14. The summed E-state index contributed by atoms with van der Waals surface area (Å²) in [6, 6.07) is 8.31. The summed E-state index contributed by atoms with van der Waals surface area (Å²) in [7, 11) is 0. The van der Waals surface area contributed by atoms with Crippen LogP contribution in [0.1, 0.15) is 24.8 Å². The normalized spacial score (nSPS) is 21.1. The molecule has 4 rings (SSSR count). The summed E-state index contributed by atoms with van der Waals surface area (Å²) in [6.45, 7) is 4.21. The van der Waals surface area contributed by atoms with Crippen molar-refractivity contribution in [1.82, 2.24) is 19.7 Å². The number of hydrogen-bond donors (Lipinski definition) is 0. The van der Waals surface area contributed by atoms with E-state index >= 15 is 0 Å². The number of benzene rings is 1. The number of rotatable bonds is 4. The number of carbonyl (C=O) groups excluding carboxylic acids is 1. The van der Waals surface area contributed by atoms with Gasteiger partial charge in [0.1, 0.15) is 12.7 Å². The van der Waals surface area contributed by atoms with Crippen molar-refractivity contribution in [2.24, 2.45) is 5.92 Å². The molecule has 1 amide bonds. The molecule has 132 valence electrons. The van der Waals surface area contributed by atoms with Gasteiger partial charge in [-0.3, -0.25) is 14.4 Å². The molecule has 1 atom stereocenters. The van der Waals surface area contributed by atoms with Crippen LogP contribution in [0.3, 0.4) is 0 Å². The lowest BCUT2D eigenvalue weighted by molar-refractivity contribution is -0.120. The van der Waals surface area contributed by atoms with Crippen molar-refractivity contribution in [2.45, 2.75) is 32.2 Å². The molecule has 0 bridgehead atoms. The number of piperidine rings is 1. The van der Waals surface area contributed by atoms with Gasteiger partial charge in [0, 0.05) is 25.3 Å². The zero-order valence-corrected chi connectivity index (χ0v) is 14.5. The zero-order valence-electron chi connectivity index (χ0n) is 14.5. The first kappa shape index (κ1) is 16.3. The van der Waals surface area contributed by atoms with Crippen molar-refractivity contribution in [1.29, 1.82) is 0 Å². The molecular formula is C19H25N5O. The first-order chi connectivity index (χ1) is 12.3. The van der Waals surface area contributed by atoms with Crippen LogP contribution in [0, 0.1) is 5.92 Å². The zero-order chi connectivity index (χ0) is 17.1. The molecule has 6 heteroatoms. The van der Waals surface area contributed by atoms with E-state index in [0.717, 1.165) is 51.1 Å². The lowest BCUT2D eigenvalue weighted by Gasteiger charge is -2.35. The molecular weight excluding hydrogens is 314 g/mol. The number of hydrogen-bond acceptors (Lipinski definition) is 4. The van der Waals surface area contributed by atoms with Gasteiger partial charge < -0.3 is 4.90 Å². The Hall–Kier alpha value is -2.21. The molecule has 1 fully saturated rings. The minimum absolute atomic E-state index is 0.230. The quantitative estimate of drug-likeness (QED) is 0.855.